The van der Waals surface area contributed by atoms with Crippen molar-refractivity contribution in [2.24, 2.45) is 0 Å². The Labute approximate surface area is 115 Å². The lowest BCUT2D eigenvalue weighted by molar-refractivity contribution is 0.130. The van der Waals surface area contributed by atoms with Crippen LogP contribution in [0.4, 0.5) is 10.5 Å². The minimum Gasteiger partial charge on any atom is -0.447 e. The van der Waals surface area contributed by atoms with E-state index in [4.69, 9.17) is 4.74 Å². The van der Waals surface area contributed by atoms with Gasteiger partial charge in [-0.3, -0.25) is 5.32 Å². The van der Waals surface area contributed by atoms with E-state index >= 15 is 0 Å². The van der Waals surface area contributed by atoms with Gasteiger partial charge in [0.1, 0.15) is 0 Å². The van der Waals surface area contributed by atoms with Crippen LogP contribution in [0.3, 0.4) is 0 Å². The summed E-state index contributed by atoms with van der Waals surface area (Å²) < 4.78 is 5.05. The highest BCUT2D eigenvalue weighted by Gasteiger charge is 2.08. The number of carbonyl (C=O) groups is 1. The van der Waals surface area contributed by atoms with E-state index < -0.39 is 6.09 Å². The Morgan fingerprint density at radius 3 is 2.68 bits per heavy atom. The molecule has 0 aliphatic carbocycles. The van der Waals surface area contributed by atoms with Crippen molar-refractivity contribution in [2.45, 2.75) is 46.3 Å². The fraction of sp³-hybridized carbons (Fsp3) is 0.533. The van der Waals surface area contributed by atoms with Gasteiger partial charge in [0.2, 0.25) is 0 Å². The van der Waals surface area contributed by atoms with Crippen LogP contribution in [0.5, 0.6) is 0 Å². The monoisotopic (exact) mass is 264 g/mol. The normalized spacial score (nSPS) is 12.3. The summed E-state index contributed by atoms with van der Waals surface area (Å²) >= 11 is 0. The topological polar surface area (TPSA) is 50.4 Å². The van der Waals surface area contributed by atoms with Crippen molar-refractivity contribution < 1.29 is 9.53 Å². The quantitative estimate of drug-likeness (QED) is 0.823. The number of anilines is 1. The maximum absolute atomic E-state index is 11.5. The molecule has 1 aromatic rings. The molecule has 4 heteroatoms. The molecular weight excluding hydrogens is 240 g/mol. The van der Waals surface area contributed by atoms with Crippen molar-refractivity contribution in [3.05, 3.63) is 29.8 Å². The van der Waals surface area contributed by atoms with Crippen molar-refractivity contribution in [3.63, 3.8) is 0 Å². The Kier molecular flexibility index (Phi) is 6.36. The molecule has 0 fully saturated rings. The smallest absolute Gasteiger partial charge is 0.411 e. The summed E-state index contributed by atoms with van der Waals surface area (Å²) in [5.41, 5.74) is 1.91. The number of rotatable bonds is 6. The van der Waals surface area contributed by atoms with Gasteiger partial charge < -0.3 is 10.1 Å². The molecule has 0 spiro atoms. The molecule has 0 saturated heterocycles. The Bertz CT molecular complexity index is 405. The molecule has 2 N–H and O–H groups in total. The van der Waals surface area contributed by atoms with Crippen LogP contribution in [0.2, 0.25) is 0 Å². The Hall–Kier alpha value is -1.55. The van der Waals surface area contributed by atoms with E-state index in [1.807, 2.05) is 38.1 Å². The first-order chi connectivity index (χ1) is 9.02. The van der Waals surface area contributed by atoms with Gasteiger partial charge in [-0.05, 0) is 51.4 Å². The number of benzene rings is 1. The molecule has 106 valence electrons. The Morgan fingerprint density at radius 2 is 2.05 bits per heavy atom. The molecule has 1 atom stereocenters. The zero-order valence-electron chi connectivity index (χ0n) is 12.2. The standard InChI is InChI=1S/C15H24N2O2/c1-5-9-16-12(4)13-7-6-8-14(10-13)17-15(18)19-11(2)3/h6-8,10-12,16H,5,9H2,1-4H3,(H,17,18). The number of hydrogen-bond acceptors (Lipinski definition) is 3. The van der Waals surface area contributed by atoms with E-state index in [0.29, 0.717) is 0 Å². The highest BCUT2D eigenvalue weighted by Crippen LogP contribution is 2.17. The first-order valence-electron chi connectivity index (χ1n) is 6.84. The lowest BCUT2D eigenvalue weighted by Crippen LogP contribution is -2.20. The largest absolute Gasteiger partial charge is 0.447 e. The number of amides is 1. The third-order valence-corrected chi connectivity index (χ3v) is 2.68. The van der Waals surface area contributed by atoms with Crippen molar-refractivity contribution >= 4 is 11.8 Å². The molecular formula is C15H24N2O2. The summed E-state index contributed by atoms with van der Waals surface area (Å²) in [6, 6.07) is 8.08. The predicted molar refractivity (Wildman–Crippen MR) is 78.4 cm³/mol. The summed E-state index contributed by atoms with van der Waals surface area (Å²) in [5, 5.41) is 6.15. The van der Waals surface area contributed by atoms with Crippen LogP contribution in [-0.4, -0.2) is 18.7 Å². The number of hydrogen-bond donors (Lipinski definition) is 2. The van der Waals surface area contributed by atoms with E-state index in [9.17, 15) is 4.79 Å². The average Bonchev–Trinajstić information content (AvgIpc) is 2.35. The van der Waals surface area contributed by atoms with Crippen LogP contribution in [-0.2, 0) is 4.74 Å². The molecule has 0 saturated carbocycles. The maximum atomic E-state index is 11.5. The Balaban J connectivity index is 2.63. The highest BCUT2D eigenvalue weighted by atomic mass is 16.6. The maximum Gasteiger partial charge on any atom is 0.411 e. The zero-order valence-corrected chi connectivity index (χ0v) is 12.2. The van der Waals surface area contributed by atoms with Gasteiger partial charge in [-0.1, -0.05) is 19.1 Å². The SMILES string of the molecule is CCCNC(C)c1cccc(NC(=O)OC(C)C)c1. The average molecular weight is 264 g/mol. The molecule has 0 aromatic heterocycles. The third kappa shape index (κ3) is 5.75. The van der Waals surface area contributed by atoms with E-state index in [0.717, 1.165) is 24.2 Å². The van der Waals surface area contributed by atoms with Crippen molar-refractivity contribution in [1.29, 1.82) is 0 Å². The van der Waals surface area contributed by atoms with Crippen LogP contribution in [0, 0.1) is 0 Å². The molecule has 1 amide bonds. The van der Waals surface area contributed by atoms with E-state index in [1.165, 1.54) is 0 Å². The number of carbonyl (C=O) groups excluding carboxylic acids is 1. The zero-order chi connectivity index (χ0) is 14.3. The predicted octanol–water partition coefficient (Wildman–Crippen LogP) is 3.70. The molecule has 0 heterocycles. The minimum absolute atomic E-state index is 0.117. The summed E-state index contributed by atoms with van der Waals surface area (Å²) in [6.45, 7) is 8.88. The van der Waals surface area contributed by atoms with Gasteiger partial charge in [0.15, 0.2) is 0 Å². The molecule has 1 rings (SSSR count). The molecule has 0 aliphatic rings. The number of nitrogens with one attached hydrogen (secondary N) is 2. The summed E-state index contributed by atoms with van der Waals surface area (Å²) in [5.74, 6) is 0. The molecule has 0 radical (unpaired) electrons. The highest BCUT2D eigenvalue weighted by molar-refractivity contribution is 5.84. The van der Waals surface area contributed by atoms with Gasteiger partial charge in [0.25, 0.3) is 0 Å². The van der Waals surface area contributed by atoms with Gasteiger partial charge >= 0.3 is 6.09 Å². The molecule has 0 aliphatic heterocycles. The molecule has 1 unspecified atom stereocenters. The van der Waals surface area contributed by atoms with Crippen LogP contribution >= 0.6 is 0 Å². The summed E-state index contributed by atoms with van der Waals surface area (Å²) in [6.07, 6.45) is 0.567. The van der Waals surface area contributed by atoms with Gasteiger partial charge in [-0.15, -0.1) is 0 Å². The van der Waals surface area contributed by atoms with Crippen LogP contribution in [0.15, 0.2) is 24.3 Å². The van der Waals surface area contributed by atoms with E-state index in [2.05, 4.69) is 24.5 Å². The van der Waals surface area contributed by atoms with Gasteiger partial charge in [-0.2, -0.15) is 0 Å². The van der Waals surface area contributed by atoms with Crippen LogP contribution < -0.4 is 10.6 Å². The first kappa shape index (κ1) is 15.5. The second-order valence-corrected chi connectivity index (χ2v) is 4.88. The van der Waals surface area contributed by atoms with E-state index in [1.54, 1.807) is 0 Å². The van der Waals surface area contributed by atoms with Crippen LogP contribution in [0.1, 0.15) is 45.7 Å². The second kappa shape index (κ2) is 7.79. The summed E-state index contributed by atoms with van der Waals surface area (Å²) in [7, 11) is 0. The first-order valence-corrected chi connectivity index (χ1v) is 6.84. The molecule has 1 aromatic carbocycles. The lowest BCUT2D eigenvalue weighted by Gasteiger charge is -2.15. The summed E-state index contributed by atoms with van der Waals surface area (Å²) in [4.78, 5) is 11.5. The Morgan fingerprint density at radius 1 is 1.32 bits per heavy atom. The third-order valence-electron chi connectivity index (χ3n) is 2.68. The number of ether oxygens (including phenoxy) is 1. The van der Waals surface area contributed by atoms with Crippen molar-refractivity contribution in [3.8, 4) is 0 Å². The molecule has 19 heavy (non-hydrogen) atoms. The van der Waals surface area contributed by atoms with Crippen molar-refractivity contribution in [1.82, 2.24) is 5.32 Å². The van der Waals surface area contributed by atoms with Crippen molar-refractivity contribution in [2.75, 3.05) is 11.9 Å². The molecule has 4 nitrogen and oxygen atoms in total. The van der Waals surface area contributed by atoms with Gasteiger partial charge in [-0.25, -0.2) is 4.79 Å². The fourth-order valence-corrected chi connectivity index (χ4v) is 1.73. The lowest BCUT2D eigenvalue weighted by atomic mass is 10.1. The second-order valence-electron chi connectivity index (χ2n) is 4.88. The van der Waals surface area contributed by atoms with Crippen LogP contribution in [0.25, 0.3) is 0 Å². The minimum atomic E-state index is -0.415. The molecule has 0 bridgehead atoms. The van der Waals surface area contributed by atoms with Gasteiger partial charge in [0, 0.05) is 11.7 Å². The van der Waals surface area contributed by atoms with E-state index in [-0.39, 0.29) is 12.1 Å². The fourth-order valence-electron chi connectivity index (χ4n) is 1.73. The van der Waals surface area contributed by atoms with Gasteiger partial charge in [0.05, 0.1) is 6.10 Å².